The zero-order valence-electron chi connectivity index (χ0n) is 15.9. The minimum Gasteiger partial charge on any atom is -0.385 e. The van der Waals surface area contributed by atoms with E-state index in [1.165, 1.54) is 32.1 Å². The van der Waals surface area contributed by atoms with Crippen LogP contribution in [0.15, 0.2) is 22.8 Å². The summed E-state index contributed by atoms with van der Waals surface area (Å²) >= 11 is 5.87. The zero-order chi connectivity index (χ0) is 17.8. The number of rotatable bonds is 11. The number of allylic oxidation sites excluding steroid dienone is 3. The van der Waals surface area contributed by atoms with E-state index in [4.69, 9.17) is 11.6 Å². The highest BCUT2D eigenvalue weighted by molar-refractivity contribution is 6.29. The van der Waals surface area contributed by atoms with Gasteiger partial charge in [-0.1, -0.05) is 37.4 Å². The fourth-order valence-electron chi connectivity index (χ4n) is 3.12. The Labute approximate surface area is 154 Å². The maximum atomic E-state index is 10.8. The molecule has 1 saturated heterocycles. The van der Waals surface area contributed by atoms with Crippen molar-refractivity contribution >= 4 is 11.6 Å². The Balaban J connectivity index is 2.17. The van der Waals surface area contributed by atoms with Gasteiger partial charge in [0.25, 0.3) is 0 Å². The van der Waals surface area contributed by atoms with Gasteiger partial charge in [0.1, 0.15) is 0 Å². The molecule has 140 valence electrons. The van der Waals surface area contributed by atoms with Crippen LogP contribution in [0.2, 0.25) is 0 Å². The van der Waals surface area contributed by atoms with Gasteiger partial charge in [0.15, 0.2) is 0 Å². The fourth-order valence-corrected chi connectivity index (χ4v) is 3.19. The van der Waals surface area contributed by atoms with E-state index in [1.54, 1.807) is 0 Å². The molecule has 0 aliphatic carbocycles. The smallest absolute Gasteiger partial charge is 0.0881 e. The number of likely N-dealkylation sites (tertiary alicyclic amines) is 1. The molecular formula is C20H37ClN2O. The van der Waals surface area contributed by atoms with Crippen LogP contribution in [0.3, 0.4) is 0 Å². The van der Waals surface area contributed by atoms with Crippen LogP contribution < -0.4 is 5.32 Å². The van der Waals surface area contributed by atoms with Crippen molar-refractivity contribution in [1.29, 1.82) is 0 Å². The summed E-state index contributed by atoms with van der Waals surface area (Å²) in [5, 5.41) is 15.1. The van der Waals surface area contributed by atoms with E-state index in [-0.39, 0.29) is 0 Å². The van der Waals surface area contributed by atoms with Crippen LogP contribution in [-0.4, -0.2) is 48.3 Å². The van der Waals surface area contributed by atoms with Crippen LogP contribution in [-0.2, 0) is 0 Å². The predicted octanol–water partition coefficient (Wildman–Crippen LogP) is 4.46. The highest BCUT2D eigenvalue weighted by atomic mass is 35.5. The van der Waals surface area contributed by atoms with Crippen LogP contribution in [0.25, 0.3) is 0 Å². The number of nitrogens with zero attached hydrogens (tertiary/aromatic N) is 1. The second kappa shape index (κ2) is 12.1. The largest absolute Gasteiger partial charge is 0.385 e. The monoisotopic (exact) mass is 356 g/mol. The highest BCUT2D eigenvalue weighted by Gasteiger charge is 2.33. The fraction of sp³-hybridized carbons (Fsp3) is 0.800. The first-order chi connectivity index (χ1) is 11.5. The Morgan fingerprint density at radius 1 is 1.08 bits per heavy atom. The van der Waals surface area contributed by atoms with Crippen molar-refractivity contribution in [1.82, 2.24) is 10.2 Å². The normalized spacial score (nSPS) is 19.7. The molecule has 1 aliphatic rings. The first-order valence-corrected chi connectivity index (χ1v) is 10.0. The molecule has 3 nitrogen and oxygen atoms in total. The van der Waals surface area contributed by atoms with Crippen LogP contribution in [0.4, 0.5) is 0 Å². The van der Waals surface area contributed by atoms with Crippen LogP contribution in [0.1, 0.15) is 65.7 Å². The standard InChI is InChI=1S/C20H37ClN2O/c1-4-5-13-22-14-7-6-8-15-23-16-11-20(24,12-17-23)18(2)9-10-19(3)21/h9-10,22,24H,4-8,11-17H2,1-3H3/b18-9+,19-10+. The number of nitrogens with one attached hydrogen (secondary N) is 1. The van der Waals surface area contributed by atoms with E-state index in [0.29, 0.717) is 0 Å². The summed E-state index contributed by atoms with van der Waals surface area (Å²) in [5.41, 5.74) is 0.378. The molecule has 1 aliphatic heterocycles. The van der Waals surface area contributed by atoms with Gasteiger partial charge in [0.2, 0.25) is 0 Å². The highest BCUT2D eigenvalue weighted by Crippen LogP contribution is 2.29. The first kappa shape index (κ1) is 21.7. The third kappa shape index (κ3) is 8.66. The maximum absolute atomic E-state index is 10.8. The molecule has 0 radical (unpaired) electrons. The van der Waals surface area contributed by atoms with E-state index in [2.05, 4.69) is 17.1 Å². The SMILES string of the molecule is CCCCNCCCCCN1CCC(O)(/C(C)=C/C=C(\C)Cl)CC1. The Morgan fingerprint density at radius 3 is 2.38 bits per heavy atom. The van der Waals surface area contributed by atoms with Gasteiger partial charge in [0.05, 0.1) is 5.60 Å². The molecule has 1 fully saturated rings. The van der Waals surface area contributed by atoms with Crippen molar-refractivity contribution < 1.29 is 5.11 Å². The quantitative estimate of drug-likeness (QED) is 0.423. The summed E-state index contributed by atoms with van der Waals surface area (Å²) in [7, 11) is 0. The molecule has 0 bridgehead atoms. The van der Waals surface area contributed by atoms with E-state index < -0.39 is 5.60 Å². The summed E-state index contributed by atoms with van der Waals surface area (Å²) in [6.45, 7) is 11.5. The van der Waals surface area contributed by atoms with Gasteiger partial charge in [-0.2, -0.15) is 0 Å². The van der Waals surface area contributed by atoms with Crippen molar-refractivity contribution in [3.8, 4) is 0 Å². The summed E-state index contributed by atoms with van der Waals surface area (Å²) in [6, 6.07) is 0. The molecule has 1 rings (SSSR count). The third-order valence-electron chi connectivity index (χ3n) is 5.02. The summed E-state index contributed by atoms with van der Waals surface area (Å²) < 4.78 is 0. The Kier molecular flexibility index (Phi) is 10.9. The molecule has 0 aromatic heterocycles. The molecule has 24 heavy (non-hydrogen) atoms. The third-order valence-corrected chi connectivity index (χ3v) is 5.14. The number of hydrogen-bond acceptors (Lipinski definition) is 3. The number of piperidine rings is 1. The minimum absolute atomic E-state index is 0.650. The van der Waals surface area contributed by atoms with Gasteiger partial charge in [-0.25, -0.2) is 0 Å². The summed E-state index contributed by atoms with van der Waals surface area (Å²) in [6.07, 6.45) is 11.9. The van der Waals surface area contributed by atoms with Gasteiger partial charge in [-0.05, 0) is 77.2 Å². The topological polar surface area (TPSA) is 35.5 Å². The molecular weight excluding hydrogens is 320 g/mol. The molecule has 4 heteroatoms. The molecule has 1 heterocycles. The first-order valence-electron chi connectivity index (χ1n) is 9.64. The average Bonchev–Trinajstić information content (AvgIpc) is 2.56. The van der Waals surface area contributed by atoms with Gasteiger partial charge >= 0.3 is 0 Å². The lowest BCUT2D eigenvalue weighted by atomic mass is 9.84. The van der Waals surface area contributed by atoms with Gasteiger partial charge in [0, 0.05) is 18.1 Å². The number of hydrogen-bond donors (Lipinski definition) is 2. The maximum Gasteiger partial charge on any atom is 0.0881 e. The molecule has 0 aromatic carbocycles. The molecule has 0 amide bonds. The van der Waals surface area contributed by atoms with Crippen molar-refractivity contribution in [2.45, 2.75) is 71.3 Å². The average molecular weight is 357 g/mol. The van der Waals surface area contributed by atoms with Crippen LogP contribution in [0, 0.1) is 0 Å². The van der Waals surface area contributed by atoms with Crippen molar-refractivity contribution in [3.63, 3.8) is 0 Å². The van der Waals surface area contributed by atoms with Crippen molar-refractivity contribution in [2.24, 2.45) is 0 Å². The number of unbranched alkanes of at least 4 members (excludes halogenated alkanes) is 3. The molecule has 0 spiro atoms. The van der Waals surface area contributed by atoms with Gasteiger partial charge in [-0.15, -0.1) is 0 Å². The molecule has 0 atom stereocenters. The van der Waals surface area contributed by atoms with Crippen LogP contribution in [0.5, 0.6) is 0 Å². The lowest BCUT2D eigenvalue weighted by molar-refractivity contribution is 0.00915. The number of aliphatic hydroxyl groups is 1. The lowest BCUT2D eigenvalue weighted by Crippen LogP contribution is -2.45. The second-order valence-corrected chi connectivity index (χ2v) is 7.74. The Morgan fingerprint density at radius 2 is 1.75 bits per heavy atom. The van der Waals surface area contributed by atoms with E-state index in [0.717, 1.165) is 56.2 Å². The molecule has 2 N–H and O–H groups in total. The Bertz CT molecular complexity index is 394. The summed E-state index contributed by atoms with van der Waals surface area (Å²) in [4.78, 5) is 2.49. The molecule has 0 unspecified atom stereocenters. The van der Waals surface area contributed by atoms with E-state index >= 15 is 0 Å². The van der Waals surface area contributed by atoms with Crippen molar-refractivity contribution in [3.05, 3.63) is 22.8 Å². The van der Waals surface area contributed by atoms with Crippen LogP contribution >= 0.6 is 11.6 Å². The number of halogens is 1. The van der Waals surface area contributed by atoms with Gasteiger partial charge in [-0.3, -0.25) is 0 Å². The summed E-state index contributed by atoms with van der Waals surface area (Å²) in [5.74, 6) is 0. The zero-order valence-corrected chi connectivity index (χ0v) is 16.7. The van der Waals surface area contributed by atoms with Gasteiger partial charge < -0.3 is 15.3 Å². The Hall–Kier alpha value is -0.350. The molecule has 0 saturated carbocycles. The predicted molar refractivity (Wildman–Crippen MR) is 106 cm³/mol. The van der Waals surface area contributed by atoms with Crippen molar-refractivity contribution in [2.75, 3.05) is 32.7 Å². The minimum atomic E-state index is -0.650. The van der Waals surface area contributed by atoms with E-state index in [9.17, 15) is 5.11 Å². The second-order valence-electron chi connectivity index (χ2n) is 7.14. The lowest BCUT2D eigenvalue weighted by Gasteiger charge is -2.39. The van der Waals surface area contributed by atoms with E-state index in [1.807, 2.05) is 26.0 Å². The molecule has 0 aromatic rings.